The van der Waals surface area contributed by atoms with Crippen LogP contribution in [0.1, 0.15) is 43.7 Å². The van der Waals surface area contributed by atoms with Crippen molar-refractivity contribution in [1.82, 2.24) is 10.6 Å². The average molecular weight is 524 g/mol. The predicted octanol–water partition coefficient (Wildman–Crippen LogP) is 4.58. The number of nitrogens with one attached hydrogen (secondary N) is 3. The highest BCUT2D eigenvalue weighted by molar-refractivity contribution is 14.0. The second-order valence-electron chi connectivity index (χ2n) is 7.57. The van der Waals surface area contributed by atoms with Crippen molar-refractivity contribution in [2.75, 3.05) is 18.9 Å². The Morgan fingerprint density at radius 1 is 1.13 bits per heavy atom. The number of benzene rings is 2. The zero-order valence-corrected chi connectivity index (χ0v) is 19.8. The quantitative estimate of drug-likeness (QED) is 0.269. The van der Waals surface area contributed by atoms with Crippen molar-refractivity contribution in [3.05, 3.63) is 65.5 Å². The lowest BCUT2D eigenvalue weighted by Gasteiger charge is -2.19. The topological polar surface area (TPSA) is 65.5 Å². The van der Waals surface area contributed by atoms with Crippen LogP contribution in [0.25, 0.3) is 0 Å². The standard InChI is InChI=1S/C23H29FN4O.HI/c1-3-6-21(29)28-20-10-4-7-17(13-20)15-26-22(25-2)27-16-23(11-12-23)18-8-5-9-19(24)14-18;/h4-5,7-10,13-14H,3,6,11-12,15-16H2,1-2H3,(H,28,29)(H2,25,26,27);1H. The van der Waals surface area contributed by atoms with Crippen LogP contribution in [0.15, 0.2) is 53.5 Å². The first kappa shape index (κ1) is 24.1. The highest BCUT2D eigenvalue weighted by Crippen LogP contribution is 2.47. The van der Waals surface area contributed by atoms with Gasteiger partial charge in [-0.2, -0.15) is 0 Å². The first-order valence-corrected chi connectivity index (χ1v) is 10.1. The van der Waals surface area contributed by atoms with Crippen LogP contribution in [-0.2, 0) is 16.8 Å². The number of aliphatic imine (C=N–C) groups is 1. The van der Waals surface area contributed by atoms with Crippen LogP contribution >= 0.6 is 24.0 Å². The number of rotatable bonds is 8. The number of carbonyl (C=O) groups excluding carboxylic acids is 1. The summed E-state index contributed by atoms with van der Waals surface area (Å²) < 4.78 is 13.6. The van der Waals surface area contributed by atoms with E-state index in [0.29, 0.717) is 25.5 Å². The summed E-state index contributed by atoms with van der Waals surface area (Å²) in [5.74, 6) is 0.539. The lowest BCUT2D eigenvalue weighted by Crippen LogP contribution is -2.40. The molecule has 0 saturated heterocycles. The third-order valence-electron chi connectivity index (χ3n) is 5.26. The lowest BCUT2D eigenvalue weighted by atomic mass is 9.96. The number of hydrogen-bond donors (Lipinski definition) is 3. The van der Waals surface area contributed by atoms with E-state index in [1.165, 1.54) is 6.07 Å². The molecule has 1 fully saturated rings. The van der Waals surface area contributed by atoms with Crippen molar-refractivity contribution in [3.8, 4) is 0 Å². The molecule has 0 unspecified atom stereocenters. The third-order valence-corrected chi connectivity index (χ3v) is 5.26. The van der Waals surface area contributed by atoms with Gasteiger partial charge in [0.15, 0.2) is 5.96 Å². The summed E-state index contributed by atoms with van der Waals surface area (Å²) in [5.41, 5.74) is 2.88. The molecule has 0 atom stereocenters. The summed E-state index contributed by atoms with van der Waals surface area (Å²) in [4.78, 5) is 16.1. The Morgan fingerprint density at radius 2 is 1.90 bits per heavy atom. The fourth-order valence-electron chi connectivity index (χ4n) is 3.41. The first-order chi connectivity index (χ1) is 14.0. The Kier molecular flexibility index (Phi) is 9.08. The van der Waals surface area contributed by atoms with Gasteiger partial charge >= 0.3 is 0 Å². The van der Waals surface area contributed by atoms with Crippen LogP contribution in [0.3, 0.4) is 0 Å². The van der Waals surface area contributed by atoms with E-state index in [0.717, 1.165) is 36.1 Å². The maximum atomic E-state index is 13.6. The normalized spacial score (nSPS) is 14.4. The van der Waals surface area contributed by atoms with Crippen LogP contribution in [0.4, 0.5) is 10.1 Å². The average Bonchev–Trinajstić information content (AvgIpc) is 3.50. The molecule has 2 aromatic rings. The zero-order chi connectivity index (χ0) is 20.7. The van der Waals surface area contributed by atoms with Crippen LogP contribution < -0.4 is 16.0 Å². The van der Waals surface area contributed by atoms with Gasteiger partial charge in [0.2, 0.25) is 5.91 Å². The van der Waals surface area contributed by atoms with Gasteiger partial charge < -0.3 is 16.0 Å². The molecule has 1 amide bonds. The number of guanidine groups is 1. The minimum absolute atomic E-state index is 0. The molecule has 1 aliphatic carbocycles. The van der Waals surface area contributed by atoms with Crippen molar-refractivity contribution in [2.45, 2.75) is 44.6 Å². The summed E-state index contributed by atoms with van der Waals surface area (Å²) in [7, 11) is 1.73. The number of carbonyl (C=O) groups is 1. The minimum atomic E-state index is -0.192. The van der Waals surface area contributed by atoms with Crippen LogP contribution in [-0.4, -0.2) is 25.5 Å². The van der Waals surface area contributed by atoms with Gasteiger partial charge in [-0.25, -0.2) is 4.39 Å². The highest BCUT2D eigenvalue weighted by atomic mass is 127. The van der Waals surface area contributed by atoms with Crippen LogP contribution in [0, 0.1) is 5.82 Å². The molecule has 1 saturated carbocycles. The summed E-state index contributed by atoms with van der Waals surface area (Å²) in [6, 6.07) is 14.7. The Bertz CT molecular complexity index is 883. The van der Waals surface area contributed by atoms with Crippen molar-refractivity contribution in [2.24, 2.45) is 4.99 Å². The monoisotopic (exact) mass is 524 g/mol. The third kappa shape index (κ3) is 6.68. The molecule has 0 spiro atoms. The molecule has 162 valence electrons. The molecular formula is C23H30FIN4O. The number of nitrogens with zero attached hydrogens (tertiary/aromatic N) is 1. The number of hydrogen-bond acceptors (Lipinski definition) is 2. The minimum Gasteiger partial charge on any atom is -0.356 e. The van der Waals surface area contributed by atoms with Gasteiger partial charge in [-0.15, -0.1) is 24.0 Å². The molecule has 5 nitrogen and oxygen atoms in total. The van der Waals surface area contributed by atoms with Crippen molar-refractivity contribution < 1.29 is 9.18 Å². The van der Waals surface area contributed by atoms with E-state index in [1.54, 1.807) is 19.2 Å². The van der Waals surface area contributed by atoms with Gasteiger partial charge in [0.1, 0.15) is 5.82 Å². The molecule has 0 bridgehead atoms. The molecule has 0 radical (unpaired) electrons. The second kappa shape index (κ2) is 11.3. The van der Waals surface area contributed by atoms with E-state index >= 15 is 0 Å². The lowest BCUT2D eigenvalue weighted by molar-refractivity contribution is -0.116. The molecular weight excluding hydrogens is 494 g/mol. The Morgan fingerprint density at radius 3 is 2.57 bits per heavy atom. The van der Waals surface area contributed by atoms with Crippen LogP contribution in [0.5, 0.6) is 0 Å². The van der Waals surface area contributed by atoms with Gasteiger partial charge in [-0.05, 0) is 54.7 Å². The van der Waals surface area contributed by atoms with E-state index in [1.807, 2.05) is 37.3 Å². The van der Waals surface area contributed by atoms with Crippen molar-refractivity contribution >= 4 is 41.5 Å². The fraction of sp³-hybridized carbons (Fsp3) is 0.391. The molecule has 30 heavy (non-hydrogen) atoms. The fourth-order valence-corrected chi connectivity index (χ4v) is 3.41. The van der Waals surface area contributed by atoms with Gasteiger partial charge in [0.05, 0.1) is 0 Å². The van der Waals surface area contributed by atoms with Gasteiger partial charge in [0.25, 0.3) is 0 Å². The van der Waals surface area contributed by atoms with E-state index in [2.05, 4.69) is 20.9 Å². The van der Waals surface area contributed by atoms with Crippen molar-refractivity contribution in [3.63, 3.8) is 0 Å². The number of halogens is 2. The largest absolute Gasteiger partial charge is 0.356 e. The van der Waals surface area contributed by atoms with E-state index in [-0.39, 0.29) is 41.1 Å². The number of anilines is 1. The highest BCUT2D eigenvalue weighted by Gasteiger charge is 2.44. The van der Waals surface area contributed by atoms with E-state index < -0.39 is 0 Å². The molecule has 1 aliphatic rings. The molecule has 0 aliphatic heterocycles. The van der Waals surface area contributed by atoms with Gasteiger partial charge in [0, 0.05) is 37.7 Å². The maximum absolute atomic E-state index is 13.6. The molecule has 2 aromatic carbocycles. The Hall–Kier alpha value is -2.16. The van der Waals surface area contributed by atoms with Crippen molar-refractivity contribution in [1.29, 1.82) is 0 Å². The summed E-state index contributed by atoms with van der Waals surface area (Å²) >= 11 is 0. The zero-order valence-electron chi connectivity index (χ0n) is 17.5. The Labute approximate surface area is 195 Å². The smallest absolute Gasteiger partial charge is 0.224 e. The molecule has 0 heterocycles. The number of amides is 1. The Balaban J connectivity index is 0.00000320. The summed E-state index contributed by atoms with van der Waals surface area (Å²) in [6.45, 7) is 3.28. The SMILES string of the molecule is CCCC(=O)Nc1cccc(CNC(=NC)NCC2(c3cccc(F)c3)CC2)c1.I. The molecule has 3 rings (SSSR count). The maximum Gasteiger partial charge on any atom is 0.224 e. The molecule has 0 aromatic heterocycles. The summed E-state index contributed by atoms with van der Waals surface area (Å²) in [6.07, 6.45) is 3.43. The van der Waals surface area contributed by atoms with E-state index in [9.17, 15) is 9.18 Å². The molecule has 3 N–H and O–H groups in total. The van der Waals surface area contributed by atoms with Gasteiger partial charge in [-0.1, -0.05) is 31.2 Å². The van der Waals surface area contributed by atoms with Crippen LogP contribution in [0.2, 0.25) is 0 Å². The van der Waals surface area contributed by atoms with E-state index in [4.69, 9.17) is 0 Å². The summed E-state index contributed by atoms with van der Waals surface area (Å²) in [5, 5.41) is 9.60. The predicted molar refractivity (Wildman–Crippen MR) is 131 cm³/mol. The first-order valence-electron chi connectivity index (χ1n) is 10.1. The molecule has 7 heteroatoms. The second-order valence-corrected chi connectivity index (χ2v) is 7.57. The van der Waals surface area contributed by atoms with Gasteiger partial charge in [-0.3, -0.25) is 9.79 Å².